The molecule has 0 aromatic heterocycles. The molecule has 0 radical (unpaired) electrons. The summed E-state index contributed by atoms with van der Waals surface area (Å²) >= 11 is 0. The maximum atomic E-state index is 12.0. The molecule has 1 saturated carbocycles. The van der Waals surface area contributed by atoms with E-state index >= 15 is 0 Å². The summed E-state index contributed by atoms with van der Waals surface area (Å²) < 4.78 is 15.5. The molecular weight excluding hydrogens is 322 g/mol. The summed E-state index contributed by atoms with van der Waals surface area (Å²) in [6, 6.07) is 6.88. The van der Waals surface area contributed by atoms with Crippen LogP contribution in [0.4, 0.5) is 0 Å². The number of esters is 1. The van der Waals surface area contributed by atoms with Crippen LogP contribution >= 0.6 is 0 Å². The molecule has 0 heterocycles. The number of hydrogen-bond acceptors (Lipinski definition) is 5. The highest BCUT2D eigenvalue weighted by Gasteiger charge is 2.20. The Morgan fingerprint density at radius 2 is 1.76 bits per heavy atom. The average molecular weight is 349 g/mol. The third-order valence-corrected chi connectivity index (χ3v) is 4.38. The summed E-state index contributed by atoms with van der Waals surface area (Å²) in [7, 11) is 1.58. The van der Waals surface area contributed by atoms with Gasteiger partial charge in [0.15, 0.2) is 12.7 Å². The van der Waals surface area contributed by atoms with Gasteiger partial charge in [0.1, 0.15) is 11.5 Å². The first-order chi connectivity index (χ1) is 12.1. The van der Waals surface area contributed by atoms with Crippen LogP contribution in [0, 0.1) is 5.92 Å². The Hall–Kier alpha value is -2.24. The zero-order chi connectivity index (χ0) is 18.1. The van der Waals surface area contributed by atoms with E-state index in [-0.39, 0.29) is 12.5 Å². The van der Waals surface area contributed by atoms with Crippen LogP contribution < -0.4 is 14.8 Å². The van der Waals surface area contributed by atoms with Crippen molar-refractivity contribution in [2.24, 2.45) is 5.92 Å². The van der Waals surface area contributed by atoms with Crippen LogP contribution in [0.3, 0.4) is 0 Å². The Bertz CT molecular complexity index is 551. The first kappa shape index (κ1) is 19.1. The Morgan fingerprint density at radius 1 is 1.12 bits per heavy atom. The van der Waals surface area contributed by atoms with Crippen LogP contribution in [0.1, 0.15) is 39.0 Å². The molecule has 0 saturated heterocycles. The summed E-state index contributed by atoms with van der Waals surface area (Å²) in [5.74, 6) is 0.948. The van der Waals surface area contributed by atoms with E-state index in [1.807, 2.05) is 0 Å². The van der Waals surface area contributed by atoms with Gasteiger partial charge < -0.3 is 19.5 Å². The molecule has 1 amide bonds. The fraction of sp³-hybridized carbons (Fsp3) is 0.579. The number of carbonyl (C=O) groups is 2. The smallest absolute Gasteiger partial charge is 0.344 e. The number of benzene rings is 1. The molecule has 1 N–H and O–H groups in total. The van der Waals surface area contributed by atoms with E-state index in [4.69, 9.17) is 14.2 Å². The Balaban J connectivity index is 1.66. The maximum Gasteiger partial charge on any atom is 0.344 e. The molecule has 0 spiro atoms. The van der Waals surface area contributed by atoms with Crippen molar-refractivity contribution in [1.82, 2.24) is 5.32 Å². The van der Waals surface area contributed by atoms with Gasteiger partial charge in [0, 0.05) is 6.54 Å². The van der Waals surface area contributed by atoms with Gasteiger partial charge in [-0.25, -0.2) is 4.79 Å². The molecule has 2 rings (SSSR count). The minimum Gasteiger partial charge on any atom is -0.497 e. The molecule has 25 heavy (non-hydrogen) atoms. The van der Waals surface area contributed by atoms with Gasteiger partial charge in [-0.2, -0.15) is 0 Å². The number of rotatable bonds is 8. The predicted octanol–water partition coefficient (Wildman–Crippen LogP) is 2.70. The van der Waals surface area contributed by atoms with Crippen molar-refractivity contribution in [2.75, 3.05) is 20.3 Å². The van der Waals surface area contributed by atoms with E-state index in [9.17, 15) is 9.59 Å². The van der Waals surface area contributed by atoms with Crippen LogP contribution in [0.5, 0.6) is 11.5 Å². The van der Waals surface area contributed by atoms with Gasteiger partial charge in [-0.15, -0.1) is 0 Å². The first-order valence-electron chi connectivity index (χ1n) is 8.82. The summed E-state index contributed by atoms with van der Waals surface area (Å²) in [5.41, 5.74) is 0. The molecule has 138 valence electrons. The molecule has 0 unspecified atom stereocenters. The van der Waals surface area contributed by atoms with Crippen LogP contribution in [0.2, 0.25) is 0 Å². The van der Waals surface area contributed by atoms with Crippen molar-refractivity contribution >= 4 is 11.9 Å². The highest BCUT2D eigenvalue weighted by atomic mass is 16.6. The van der Waals surface area contributed by atoms with E-state index in [1.165, 1.54) is 19.3 Å². The lowest BCUT2D eigenvalue weighted by molar-refractivity contribution is -0.156. The van der Waals surface area contributed by atoms with Crippen molar-refractivity contribution in [2.45, 2.75) is 45.1 Å². The van der Waals surface area contributed by atoms with Crippen molar-refractivity contribution in [1.29, 1.82) is 0 Å². The van der Waals surface area contributed by atoms with Crippen molar-refractivity contribution in [3.8, 4) is 11.5 Å². The fourth-order valence-corrected chi connectivity index (χ4v) is 2.88. The molecule has 1 aliphatic carbocycles. The third-order valence-electron chi connectivity index (χ3n) is 4.38. The molecular formula is C19H27NO5. The van der Waals surface area contributed by atoms with E-state index in [1.54, 1.807) is 38.3 Å². The standard InChI is InChI=1S/C19H27NO5/c1-14(19(22)20-12-15-6-4-3-5-7-15)25-18(21)13-24-17-10-8-16(23-2)9-11-17/h8-11,14-15H,3-7,12-13H2,1-2H3,(H,20,22)/t14-/m1/s1. The van der Waals surface area contributed by atoms with Crippen LogP contribution in [0.15, 0.2) is 24.3 Å². The highest BCUT2D eigenvalue weighted by Crippen LogP contribution is 2.22. The second-order valence-corrected chi connectivity index (χ2v) is 6.35. The van der Waals surface area contributed by atoms with Crippen molar-refractivity contribution in [3.05, 3.63) is 24.3 Å². The topological polar surface area (TPSA) is 73.9 Å². The summed E-state index contributed by atoms with van der Waals surface area (Å²) in [6.45, 7) is 1.98. The molecule has 1 atom stereocenters. The molecule has 1 aromatic carbocycles. The lowest BCUT2D eigenvalue weighted by Gasteiger charge is -2.22. The number of nitrogens with one attached hydrogen (secondary N) is 1. The Morgan fingerprint density at radius 3 is 2.40 bits per heavy atom. The molecule has 1 fully saturated rings. The van der Waals surface area contributed by atoms with E-state index in [0.29, 0.717) is 24.0 Å². The zero-order valence-corrected chi connectivity index (χ0v) is 15.0. The summed E-state index contributed by atoms with van der Waals surface area (Å²) in [6.07, 6.45) is 5.23. The number of amides is 1. The lowest BCUT2D eigenvalue weighted by Crippen LogP contribution is -2.39. The van der Waals surface area contributed by atoms with Crippen LogP contribution in [-0.2, 0) is 14.3 Å². The van der Waals surface area contributed by atoms with E-state index in [0.717, 1.165) is 12.8 Å². The lowest BCUT2D eigenvalue weighted by atomic mass is 9.89. The van der Waals surface area contributed by atoms with Crippen LogP contribution in [-0.4, -0.2) is 38.2 Å². The van der Waals surface area contributed by atoms with Gasteiger partial charge in [0.05, 0.1) is 7.11 Å². The van der Waals surface area contributed by atoms with Crippen molar-refractivity contribution < 1.29 is 23.8 Å². The van der Waals surface area contributed by atoms with Gasteiger partial charge in [-0.3, -0.25) is 4.79 Å². The SMILES string of the molecule is COc1ccc(OCC(=O)O[C@H](C)C(=O)NCC2CCCCC2)cc1. The molecule has 0 bridgehead atoms. The van der Waals surface area contributed by atoms with Gasteiger partial charge in [-0.1, -0.05) is 19.3 Å². The quantitative estimate of drug-likeness (QED) is 0.731. The van der Waals surface area contributed by atoms with E-state index in [2.05, 4.69) is 5.32 Å². The van der Waals surface area contributed by atoms with Crippen molar-refractivity contribution in [3.63, 3.8) is 0 Å². The Kier molecular flexibility index (Phi) is 7.57. The third kappa shape index (κ3) is 6.64. The number of hydrogen-bond donors (Lipinski definition) is 1. The normalized spacial score (nSPS) is 15.9. The second-order valence-electron chi connectivity index (χ2n) is 6.35. The Labute approximate surface area is 148 Å². The summed E-state index contributed by atoms with van der Waals surface area (Å²) in [4.78, 5) is 23.8. The molecule has 0 aliphatic heterocycles. The monoisotopic (exact) mass is 349 g/mol. The number of ether oxygens (including phenoxy) is 3. The maximum absolute atomic E-state index is 12.0. The molecule has 6 heteroatoms. The first-order valence-corrected chi connectivity index (χ1v) is 8.82. The van der Waals surface area contributed by atoms with E-state index < -0.39 is 12.1 Å². The summed E-state index contributed by atoms with van der Waals surface area (Å²) in [5, 5.41) is 2.87. The van der Waals surface area contributed by atoms with Gasteiger partial charge in [0.2, 0.25) is 0 Å². The highest BCUT2D eigenvalue weighted by molar-refractivity contribution is 5.83. The second kappa shape index (κ2) is 9.91. The van der Waals surface area contributed by atoms with Gasteiger partial charge >= 0.3 is 5.97 Å². The minimum atomic E-state index is -0.824. The number of methoxy groups -OCH3 is 1. The average Bonchev–Trinajstić information content (AvgIpc) is 2.65. The van der Waals surface area contributed by atoms with Gasteiger partial charge in [-0.05, 0) is 49.9 Å². The molecule has 1 aliphatic rings. The van der Waals surface area contributed by atoms with Crippen LogP contribution in [0.25, 0.3) is 0 Å². The molecule has 6 nitrogen and oxygen atoms in total. The van der Waals surface area contributed by atoms with Gasteiger partial charge in [0.25, 0.3) is 5.91 Å². The molecule has 1 aromatic rings. The largest absolute Gasteiger partial charge is 0.497 e. The predicted molar refractivity (Wildman–Crippen MR) is 93.6 cm³/mol. The number of carbonyl (C=O) groups excluding carboxylic acids is 2. The zero-order valence-electron chi connectivity index (χ0n) is 15.0. The fourth-order valence-electron chi connectivity index (χ4n) is 2.88. The minimum absolute atomic E-state index is 0.243.